The molecule has 0 radical (unpaired) electrons. The molecule has 0 unspecified atom stereocenters. The van der Waals surface area contributed by atoms with Gasteiger partial charge in [0.25, 0.3) is 0 Å². The Kier molecular flexibility index (Phi) is 6.42. The second kappa shape index (κ2) is 8.65. The molecule has 1 aromatic carbocycles. The lowest BCUT2D eigenvalue weighted by Gasteiger charge is -2.35. The van der Waals surface area contributed by atoms with Crippen molar-refractivity contribution in [2.45, 2.75) is 31.4 Å². The lowest BCUT2D eigenvalue weighted by atomic mass is 9.73. The van der Waals surface area contributed by atoms with Crippen LogP contribution in [-0.2, 0) is 19.8 Å². The molecule has 12 heteroatoms. The van der Waals surface area contributed by atoms with E-state index < -0.39 is 28.9 Å². The Labute approximate surface area is 190 Å². The molecule has 0 saturated carbocycles. The zero-order chi connectivity index (χ0) is 24.6. The SMILES string of the molecule is CC(C)(C(=O)N1C[C@@H]2c3ccccc3OC[C@]2(C(=O)O)C1)c1cscn1.O=C(O)C(F)(F)F. The Balaban J connectivity index is 0.000000383. The molecular weight excluding hydrogens is 465 g/mol. The molecule has 1 saturated heterocycles. The number of carbonyl (C=O) groups is 3. The third-order valence-corrected chi connectivity index (χ3v) is 6.47. The number of carbonyl (C=O) groups excluding carboxylic acids is 1. The van der Waals surface area contributed by atoms with E-state index in [0.29, 0.717) is 18.0 Å². The molecule has 0 bridgehead atoms. The van der Waals surface area contributed by atoms with Gasteiger partial charge in [-0.15, -0.1) is 11.3 Å². The first-order valence-corrected chi connectivity index (χ1v) is 10.7. The first-order valence-electron chi connectivity index (χ1n) is 9.74. The fraction of sp³-hybridized carbons (Fsp3) is 0.429. The van der Waals surface area contributed by atoms with Crippen LogP contribution in [0.3, 0.4) is 0 Å². The number of fused-ring (bicyclic) bond motifs is 3. The Morgan fingerprint density at radius 3 is 2.39 bits per heavy atom. The van der Waals surface area contributed by atoms with E-state index in [1.54, 1.807) is 10.4 Å². The number of likely N-dealkylation sites (tertiary alicyclic amines) is 1. The molecule has 0 spiro atoms. The van der Waals surface area contributed by atoms with E-state index in [1.807, 2.05) is 43.5 Å². The highest BCUT2D eigenvalue weighted by Gasteiger charge is 2.58. The van der Waals surface area contributed by atoms with Crippen molar-refractivity contribution in [1.29, 1.82) is 0 Å². The van der Waals surface area contributed by atoms with Gasteiger partial charge in [-0.05, 0) is 19.9 Å². The van der Waals surface area contributed by atoms with Crippen LogP contribution in [0.2, 0.25) is 0 Å². The number of thiazole rings is 1. The number of hydrogen-bond acceptors (Lipinski definition) is 6. The minimum absolute atomic E-state index is 0.0743. The highest BCUT2D eigenvalue weighted by atomic mass is 32.1. The van der Waals surface area contributed by atoms with Gasteiger partial charge < -0.3 is 19.8 Å². The van der Waals surface area contributed by atoms with E-state index in [9.17, 15) is 27.9 Å². The quantitative estimate of drug-likeness (QED) is 0.685. The average molecular weight is 486 g/mol. The van der Waals surface area contributed by atoms with Crippen molar-refractivity contribution < 1.29 is 42.5 Å². The minimum atomic E-state index is -5.08. The molecule has 33 heavy (non-hydrogen) atoms. The second-order valence-corrected chi connectivity index (χ2v) is 9.05. The van der Waals surface area contributed by atoms with Gasteiger partial charge in [0.1, 0.15) is 17.8 Å². The number of amides is 1. The molecule has 0 aliphatic carbocycles. The topological polar surface area (TPSA) is 117 Å². The van der Waals surface area contributed by atoms with E-state index >= 15 is 0 Å². The van der Waals surface area contributed by atoms with E-state index in [2.05, 4.69) is 4.98 Å². The largest absolute Gasteiger partial charge is 0.492 e. The van der Waals surface area contributed by atoms with Gasteiger partial charge in [0.2, 0.25) is 5.91 Å². The van der Waals surface area contributed by atoms with E-state index in [-0.39, 0.29) is 25.0 Å². The van der Waals surface area contributed by atoms with Gasteiger partial charge in [-0.2, -0.15) is 13.2 Å². The molecule has 2 aromatic rings. The van der Waals surface area contributed by atoms with Crippen molar-refractivity contribution in [1.82, 2.24) is 9.88 Å². The number of ether oxygens (including phenoxy) is 1. The maximum absolute atomic E-state index is 13.2. The standard InChI is InChI=1S/C19H20N2O4S.C2HF3O2/c1-18(2,15-8-26-11-20-15)16(22)21-7-13-12-5-3-4-6-14(12)25-10-19(13,9-21)17(23)24;3-2(4,5)1(6)7/h3-6,8,11,13H,7,9-10H2,1-2H3,(H,23,24);(H,6,7)/t13-,19-;/m1./s1. The van der Waals surface area contributed by atoms with Gasteiger partial charge in [0.15, 0.2) is 0 Å². The number of rotatable bonds is 3. The van der Waals surface area contributed by atoms with Crippen LogP contribution in [0.5, 0.6) is 5.75 Å². The summed E-state index contributed by atoms with van der Waals surface area (Å²) in [6, 6.07) is 7.50. The normalized spacial score (nSPS) is 21.7. The van der Waals surface area contributed by atoms with E-state index in [4.69, 9.17) is 14.6 Å². The van der Waals surface area contributed by atoms with Gasteiger partial charge in [0, 0.05) is 30.0 Å². The average Bonchev–Trinajstić information content (AvgIpc) is 3.42. The van der Waals surface area contributed by atoms with E-state index in [1.165, 1.54) is 11.3 Å². The molecule has 1 aromatic heterocycles. The lowest BCUT2D eigenvalue weighted by molar-refractivity contribution is -0.192. The Bertz CT molecular complexity index is 1060. The van der Waals surface area contributed by atoms with Gasteiger partial charge >= 0.3 is 18.1 Å². The van der Waals surface area contributed by atoms with Crippen LogP contribution in [0.1, 0.15) is 31.0 Å². The summed E-state index contributed by atoms with van der Waals surface area (Å²) in [4.78, 5) is 40.3. The number of carboxylic acids is 2. The summed E-state index contributed by atoms with van der Waals surface area (Å²) in [6.07, 6.45) is -5.08. The van der Waals surface area contributed by atoms with Crippen molar-refractivity contribution in [2.24, 2.45) is 5.41 Å². The van der Waals surface area contributed by atoms with Gasteiger partial charge in [-0.1, -0.05) is 18.2 Å². The highest BCUT2D eigenvalue weighted by Crippen LogP contribution is 2.50. The summed E-state index contributed by atoms with van der Waals surface area (Å²) in [6.45, 7) is 4.27. The zero-order valence-electron chi connectivity index (χ0n) is 17.6. The monoisotopic (exact) mass is 486 g/mol. The number of halogens is 3. The Morgan fingerprint density at radius 2 is 1.85 bits per heavy atom. The van der Waals surface area contributed by atoms with Crippen LogP contribution in [0, 0.1) is 5.41 Å². The van der Waals surface area contributed by atoms with Crippen LogP contribution in [0.4, 0.5) is 13.2 Å². The van der Waals surface area contributed by atoms with Gasteiger partial charge in [-0.25, -0.2) is 9.78 Å². The molecular formula is C21H21F3N2O6S. The van der Waals surface area contributed by atoms with Gasteiger partial charge in [0.05, 0.1) is 16.6 Å². The summed E-state index contributed by atoms with van der Waals surface area (Å²) in [5, 5.41) is 19.0. The van der Waals surface area contributed by atoms with Crippen molar-refractivity contribution in [3.8, 4) is 5.75 Å². The first-order chi connectivity index (χ1) is 15.3. The number of para-hydroxylation sites is 1. The van der Waals surface area contributed by atoms with Crippen molar-refractivity contribution in [3.05, 3.63) is 46.4 Å². The van der Waals surface area contributed by atoms with Crippen molar-refractivity contribution in [2.75, 3.05) is 19.7 Å². The highest BCUT2D eigenvalue weighted by molar-refractivity contribution is 7.07. The fourth-order valence-electron chi connectivity index (χ4n) is 4.02. The second-order valence-electron chi connectivity index (χ2n) is 8.33. The lowest BCUT2D eigenvalue weighted by Crippen LogP contribution is -2.47. The summed E-state index contributed by atoms with van der Waals surface area (Å²) in [7, 11) is 0. The summed E-state index contributed by atoms with van der Waals surface area (Å²) >= 11 is 1.45. The number of benzene rings is 1. The Hall–Kier alpha value is -3.15. The zero-order valence-corrected chi connectivity index (χ0v) is 18.4. The summed E-state index contributed by atoms with van der Waals surface area (Å²) in [5.41, 5.74) is 1.37. The molecule has 2 atom stereocenters. The Morgan fingerprint density at radius 1 is 1.21 bits per heavy atom. The first kappa shape index (κ1) is 24.5. The molecule has 1 amide bonds. The molecule has 2 aliphatic heterocycles. The van der Waals surface area contributed by atoms with Crippen LogP contribution in [-0.4, -0.2) is 63.8 Å². The number of nitrogens with zero attached hydrogens (tertiary/aromatic N) is 2. The van der Waals surface area contributed by atoms with Crippen LogP contribution in [0.25, 0.3) is 0 Å². The third kappa shape index (κ3) is 4.52. The molecule has 178 valence electrons. The van der Waals surface area contributed by atoms with Gasteiger partial charge in [-0.3, -0.25) is 9.59 Å². The third-order valence-electron chi connectivity index (χ3n) is 5.89. The van der Waals surface area contributed by atoms with Crippen molar-refractivity contribution in [3.63, 3.8) is 0 Å². The number of carboxylic acid groups (broad SMARTS) is 2. The van der Waals surface area contributed by atoms with Crippen LogP contribution < -0.4 is 4.74 Å². The number of aliphatic carboxylic acids is 2. The molecule has 1 fully saturated rings. The summed E-state index contributed by atoms with van der Waals surface area (Å²) < 4.78 is 37.5. The maximum Gasteiger partial charge on any atom is 0.490 e. The summed E-state index contributed by atoms with van der Waals surface area (Å²) in [5.74, 6) is -3.34. The smallest absolute Gasteiger partial charge is 0.490 e. The molecule has 4 rings (SSSR count). The van der Waals surface area contributed by atoms with Crippen LogP contribution >= 0.6 is 11.3 Å². The number of aromatic nitrogens is 1. The molecule has 2 N–H and O–H groups in total. The van der Waals surface area contributed by atoms with Crippen LogP contribution in [0.15, 0.2) is 35.2 Å². The number of hydrogen-bond donors (Lipinski definition) is 2. The maximum atomic E-state index is 13.2. The van der Waals surface area contributed by atoms with E-state index in [0.717, 1.165) is 5.56 Å². The molecule has 2 aliphatic rings. The number of alkyl halides is 3. The predicted octanol–water partition coefficient (Wildman–Crippen LogP) is 3.14. The minimum Gasteiger partial charge on any atom is -0.492 e. The fourth-order valence-corrected chi connectivity index (χ4v) is 4.74. The predicted molar refractivity (Wildman–Crippen MR) is 110 cm³/mol. The van der Waals surface area contributed by atoms with Crippen molar-refractivity contribution >= 4 is 29.2 Å². The molecule has 8 nitrogen and oxygen atoms in total. The molecule has 3 heterocycles.